The molecule has 1 aliphatic rings. The van der Waals surface area contributed by atoms with Gasteiger partial charge in [-0.2, -0.15) is 13.2 Å². The molecule has 1 fully saturated rings. The van der Waals surface area contributed by atoms with Crippen LogP contribution in [0.3, 0.4) is 0 Å². The Bertz CT molecular complexity index is 1460. The van der Waals surface area contributed by atoms with E-state index in [1.54, 1.807) is 12.1 Å². The van der Waals surface area contributed by atoms with Crippen LogP contribution in [0.2, 0.25) is 0 Å². The molecule has 0 unspecified atom stereocenters. The fraction of sp³-hybridized carbons (Fsp3) is 0.241. The van der Waals surface area contributed by atoms with E-state index in [0.29, 0.717) is 37.6 Å². The third kappa shape index (κ3) is 9.81. The van der Waals surface area contributed by atoms with E-state index in [4.69, 9.17) is 9.90 Å². The van der Waals surface area contributed by atoms with Crippen molar-refractivity contribution < 1.29 is 47.0 Å². The second kappa shape index (κ2) is 14.3. The summed E-state index contributed by atoms with van der Waals surface area (Å²) >= 11 is 0. The van der Waals surface area contributed by atoms with Crippen molar-refractivity contribution in [2.24, 2.45) is 0 Å². The maximum Gasteiger partial charge on any atom is 0.490 e. The molecule has 0 saturated carbocycles. The maximum atomic E-state index is 13.1. The van der Waals surface area contributed by atoms with Gasteiger partial charge in [-0.25, -0.2) is 14.0 Å². The van der Waals surface area contributed by atoms with Crippen molar-refractivity contribution in [3.63, 3.8) is 0 Å². The molecule has 0 atom stereocenters. The van der Waals surface area contributed by atoms with Crippen LogP contribution < -0.4 is 15.5 Å². The Kier molecular flexibility index (Phi) is 10.8. The van der Waals surface area contributed by atoms with Gasteiger partial charge in [-0.05, 0) is 61.5 Å². The van der Waals surface area contributed by atoms with Gasteiger partial charge in [0, 0.05) is 43.1 Å². The number of anilines is 3. The lowest BCUT2D eigenvalue weighted by atomic mass is 10.1. The quantitative estimate of drug-likeness (QED) is 0.290. The van der Waals surface area contributed by atoms with Gasteiger partial charge in [-0.1, -0.05) is 17.7 Å². The van der Waals surface area contributed by atoms with E-state index < -0.39 is 29.8 Å². The smallest absolute Gasteiger partial charge is 0.478 e. The summed E-state index contributed by atoms with van der Waals surface area (Å²) in [7, 11) is 0. The van der Waals surface area contributed by atoms with Gasteiger partial charge in [0.2, 0.25) is 5.91 Å². The summed E-state index contributed by atoms with van der Waals surface area (Å²) in [5.41, 5.74) is 3.08. The molecule has 0 radical (unpaired) electrons. The number of carboxylic acids is 2. The van der Waals surface area contributed by atoms with Crippen molar-refractivity contribution in [1.29, 1.82) is 0 Å². The highest BCUT2D eigenvalue weighted by atomic mass is 19.4. The van der Waals surface area contributed by atoms with Crippen LogP contribution in [0, 0.1) is 12.7 Å². The van der Waals surface area contributed by atoms with Gasteiger partial charge in [-0.3, -0.25) is 14.5 Å². The van der Waals surface area contributed by atoms with Crippen LogP contribution in [0.15, 0.2) is 66.7 Å². The summed E-state index contributed by atoms with van der Waals surface area (Å²) in [6, 6.07) is 17.4. The zero-order valence-electron chi connectivity index (χ0n) is 22.8. The molecule has 0 aliphatic carbocycles. The number of carbonyl (C=O) groups is 4. The van der Waals surface area contributed by atoms with Gasteiger partial charge in [0.05, 0.1) is 17.8 Å². The number of aryl methyl sites for hydroxylation is 1. The van der Waals surface area contributed by atoms with E-state index in [0.717, 1.165) is 11.3 Å². The van der Waals surface area contributed by atoms with Crippen LogP contribution in [0.5, 0.6) is 0 Å². The van der Waals surface area contributed by atoms with Crippen molar-refractivity contribution in [3.05, 3.63) is 89.2 Å². The van der Waals surface area contributed by atoms with E-state index in [9.17, 15) is 37.1 Å². The van der Waals surface area contributed by atoms with E-state index in [-0.39, 0.29) is 23.6 Å². The number of carbonyl (C=O) groups excluding carboxylic acids is 2. The molecule has 1 aliphatic heterocycles. The van der Waals surface area contributed by atoms with Gasteiger partial charge in [0.15, 0.2) is 0 Å². The lowest BCUT2D eigenvalue weighted by Crippen LogP contribution is -2.49. The minimum absolute atomic E-state index is 0.0671. The van der Waals surface area contributed by atoms with Crippen LogP contribution in [0.25, 0.3) is 0 Å². The predicted octanol–water partition coefficient (Wildman–Crippen LogP) is 4.48. The first-order chi connectivity index (χ1) is 20.2. The number of hydrogen-bond acceptors (Lipinski definition) is 6. The number of alkyl halides is 3. The first kappa shape index (κ1) is 32.5. The van der Waals surface area contributed by atoms with Crippen molar-refractivity contribution >= 4 is 40.8 Å². The topological polar surface area (TPSA) is 139 Å². The normalized spacial score (nSPS) is 13.4. The molecular formula is C29H28F4N4O6. The molecule has 14 heteroatoms. The van der Waals surface area contributed by atoms with Crippen LogP contribution >= 0.6 is 0 Å². The molecule has 0 bridgehead atoms. The number of aliphatic carboxylic acids is 1. The number of piperazine rings is 1. The molecule has 2 amide bonds. The monoisotopic (exact) mass is 604 g/mol. The molecule has 0 spiro atoms. The second-order valence-corrected chi connectivity index (χ2v) is 9.48. The van der Waals surface area contributed by atoms with E-state index >= 15 is 0 Å². The molecule has 1 saturated heterocycles. The Morgan fingerprint density at radius 3 is 1.91 bits per heavy atom. The van der Waals surface area contributed by atoms with Crippen molar-refractivity contribution in [1.82, 2.24) is 4.90 Å². The lowest BCUT2D eigenvalue weighted by molar-refractivity contribution is -0.192. The van der Waals surface area contributed by atoms with Crippen LogP contribution in [0.4, 0.5) is 34.6 Å². The van der Waals surface area contributed by atoms with E-state index in [1.165, 1.54) is 30.3 Å². The minimum Gasteiger partial charge on any atom is -0.478 e. The van der Waals surface area contributed by atoms with Crippen LogP contribution in [0.1, 0.15) is 26.3 Å². The number of nitrogens with zero attached hydrogens (tertiary/aromatic N) is 2. The number of halogens is 4. The summed E-state index contributed by atoms with van der Waals surface area (Å²) in [5.74, 6) is -4.87. The molecule has 4 N–H and O–H groups in total. The number of amides is 2. The fourth-order valence-corrected chi connectivity index (χ4v) is 4.05. The summed E-state index contributed by atoms with van der Waals surface area (Å²) in [4.78, 5) is 49.7. The maximum absolute atomic E-state index is 13.1. The van der Waals surface area contributed by atoms with Gasteiger partial charge in [0.25, 0.3) is 5.91 Å². The lowest BCUT2D eigenvalue weighted by Gasteiger charge is -2.36. The SMILES string of the molecule is Cc1ccc(NC(=O)CN2CCN(c3ccc(NC(=O)c4ccc(F)cc4)cc3C(=O)O)CC2)cc1.O=C(O)C(F)(F)F. The number of hydrogen-bond donors (Lipinski definition) is 4. The van der Waals surface area contributed by atoms with E-state index in [2.05, 4.69) is 10.6 Å². The Balaban J connectivity index is 0.000000646. The van der Waals surface area contributed by atoms with Crippen LogP contribution in [-0.4, -0.2) is 77.8 Å². The molecule has 3 aromatic rings. The first-order valence-electron chi connectivity index (χ1n) is 12.8. The molecule has 10 nitrogen and oxygen atoms in total. The number of rotatable bonds is 7. The molecule has 0 aromatic heterocycles. The predicted molar refractivity (Wildman–Crippen MR) is 150 cm³/mol. The third-order valence-corrected chi connectivity index (χ3v) is 6.25. The Morgan fingerprint density at radius 1 is 0.814 bits per heavy atom. The zero-order chi connectivity index (χ0) is 31.7. The average Bonchev–Trinajstić information content (AvgIpc) is 2.95. The standard InChI is InChI=1S/C27H27FN4O4.C2HF3O2/c1-18-2-8-21(9-3-18)29-25(33)17-31-12-14-32(15-13-31)24-11-10-22(16-23(24)27(35)36)30-26(34)19-4-6-20(28)7-5-19;3-2(4,5)1(6)7/h2-11,16H,12-15,17H2,1H3,(H,29,33)(H,30,34)(H,35,36);(H,6,7). The summed E-state index contributed by atoms with van der Waals surface area (Å²) in [6.07, 6.45) is -5.08. The third-order valence-electron chi connectivity index (χ3n) is 6.25. The summed E-state index contributed by atoms with van der Waals surface area (Å²) in [6.45, 7) is 4.55. The fourth-order valence-electron chi connectivity index (χ4n) is 4.05. The number of nitrogens with one attached hydrogen (secondary N) is 2. The van der Waals surface area contributed by atoms with Crippen molar-refractivity contribution in [3.8, 4) is 0 Å². The number of benzene rings is 3. The number of carboxylic acid groups (broad SMARTS) is 2. The van der Waals surface area contributed by atoms with Gasteiger partial charge in [-0.15, -0.1) is 0 Å². The largest absolute Gasteiger partial charge is 0.490 e. The molecule has 4 rings (SSSR count). The highest BCUT2D eigenvalue weighted by Crippen LogP contribution is 2.26. The first-order valence-corrected chi connectivity index (χ1v) is 12.8. The zero-order valence-corrected chi connectivity index (χ0v) is 22.8. The molecule has 43 heavy (non-hydrogen) atoms. The van der Waals surface area contributed by atoms with Crippen molar-refractivity contribution in [2.75, 3.05) is 48.3 Å². The molecule has 3 aromatic carbocycles. The molecule has 1 heterocycles. The average molecular weight is 605 g/mol. The molecule has 228 valence electrons. The van der Waals surface area contributed by atoms with Gasteiger partial charge in [0.1, 0.15) is 5.82 Å². The van der Waals surface area contributed by atoms with Crippen molar-refractivity contribution in [2.45, 2.75) is 13.1 Å². The second-order valence-electron chi connectivity index (χ2n) is 9.48. The highest BCUT2D eigenvalue weighted by molar-refractivity contribution is 6.05. The van der Waals surface area contributed by atoms with Crippen LogP contribution in [-0.2, 0) is 9.59 Å². The molecular weight excluding hydrogens is 576 g/mol. The minimum atomic E-state index is -5.08. The van der Waals surface area contributed by atoms with Gasteiger partial charge < -0.3 is 25.7 Å². The summed E-state index contributed by atoms with van der Waals surface area (Å²) < 4.78 is 44.8. The Labute approximate surface area is 243 Å². The highest BCUT2D eigenvalue weighted by Gasteiger charge is 2.38. The Hall–Kier alpha value is -4.98. The Morgan fingerprint density at radius 2 is 1.37 bits per heavy atom. The summed E-state index contributed by atoms with van der Waals surface area (Å²) in [5, 5.41) is 22.5. The van der Waals surface area contributed by atoms with E-state index in [1.807, 2.05) is 41.0 Å². The number of aromatic carboxylic acids is 1. The van der Waals surface area contributed by atoms with Gasteiger partial charge >= 0.3 is 18.1 Å².